The minimum atomic E-state index is -0.314. The minimum Gasteiger partial charge on any atom is -0.486 e. The molecule has 150 valence electrons. The maximum atomic E-state index is 12.5. The molecule has 1 aromatic rings. The van der Waals surface area contributed by atoms with Crippen molar-refractivity contribution in [1.29, 1.82) is 0 Å². The molecule has 2 amide bonds. The van der Waals surface area contributed by atoms with Crippen molar-refractivity contribution in [2.75, 3.05) is 39.8 Å². The van der Waals surface area contributed by atoms with Gasteiger partial charge in [-0.15, -0.1) is 0 Å². The van der Waals surface area contributed by atoms with Gasteiger partial charge in [0.2, 0.25) is 11.8 Å². The van der Waals surface area contributed by atoms with E-state index in [4.69, 9.17) is 9.47 Å². The number of fused-ring (bicyclic) bond motifs is 1. The third-order valence-electron chi connectivity index (χ3n) is 4.16. The van der Waals surface area contributed by atoms with E-state index in [2.05, 4.69) is 5.32 Å². The first kappa shape index (κ1) is 21.0. The molecule has 1 aliphatic heterocycles. The molecule has 27 heavy (non-hydrogen) atoms. The Hall–Kier alpha value is -2.28. The van der Waals surface area contributed by atoms with E-state index in [0.717, 1.165) is 11.5 Å². The lowest BCUT2D eigenvalue weighted by Crippen LogP contribution is -2.49. The number of hydrogen-bond acceptors (Lipinski definition) is 5. The van der Waals surface area contributed by atoms with Gasteiger partial charge < -0.3 is 19.7 Å². The number of para-hydroxylation sites is 2. The van der Waals surface area contributed by atoms with Crippen LogP contribution in [0.1, 0.15) is 27.7 Å². The van der Waals surface area contributed by atoms with Crippen LogP contribution >= 0.6 is 0 Å². The topological polar surface area (TPSA) is 71.1 Å². The Kier molecular flexibility index (Phi) is 7.07. The number of nitrogens with zero attached hydrogens (tertiary/aromatic N) is 2. The Balaban J connectivity index is 1.83. The number of amides is 2. The van der Waals surface area contributed by atoms with Gasteiger partial charge in [-0.3, -0.25) is 14.5 Å². The van der Waals surface area contributed by atoms with E-state index in [1.807, 2.05) is 56.9 Å². The zero-order chi connectivity index (χ0) is 20.0. The summed E-state index contributed by atoms with van der Waals surface area (Å²) in [5, 5.41) is 2.86. The van der Waals surface area contributed by atoms with Gasteiger partial charge in [0.05, 0.1) is 13.1 Å². The van der Waals surface area contributed by atoms with Crippen LogP contribution in [0.15, 0.2) is 24.3 Å². The second-order valence-electron chi connectivity index (χ2n) is 7.87. The van der Waals surface area contributed by atoms with E-state index < -0.39 is 0 Å². The van der Waals surface area contributed by atoms with Crippen LogP contribution in [0, 0.1) is 0 Å². The fourth-order valence-electron chi connectivity index (χ4n) is 2.82. The summed E-state index contributed by atoms with van der Waals surface area (Å²) in [6.07, 6.45) is -0.137. The highest BCUT2D eigenvalue weighted by Gasteiger charge is 2.25. The van der Waals surface area contributed by atoms with Gasteiger partial charge in [-0.25, -0.2) is 0 Å². The average Bonchev–Trinajstić information content (AvgIpc) is 2.59. The third-order valence-corrected chi connectivity index (χ3v) is 4.16. The summed E-state index contributed by atoms with van der Waals surface area (Å²) in [6, 6.07) is 7.57. The molecule has 0 aromatic heterocycles. The normalized spacial score (nSPS) is 16.1. The van der Waals surface area contributed by atoms with Gasteiger partial charge in [0, 0.05) is 19.1 Å². The molecule has 0 spiro atoms. The molecule has 1 unspecified atom stereocenters. The molecule has 0 radical (unpaired) electrons. The van der Waals surface area contributed by atoms with Crippen molar-refractivity contribution in [3.63, 3.8) is 0 Å². The second kappa shape index (κ2) is 9.08. The predicted octanol–water partition coefficient (Wildman–Crippen LogP) is 1.52. The summed E-state index contributed by atoms with van der Waals surface area (Å²) in [5.74, 6) is 1.21. The lowest BCUT2D eigenvalue weighted by Gasteiger charge is -2.31. The Labute approximate surface area is 161 Å². The summed E-state index contributed by atoms with van der Waals surface area (Å²) < 4.78 is 11.7. The van der Waals surface area contributed by atoms with Crippen molar-refractivity contribution in [2.45, 2.75) is 39.3 Å². The molecule has 0 saturated carbocycles. The Bertz CT molecular complexity index is 657. The van der Waals surface area contributed by atoms with Crippen molar-refractivity contribution < 1.29 is 19.1 Å². The molecule has 0 saturated heterocycles. The van der Waals surface area contributed by atoms with Crippen LogP contribution in [0.4, 0.5) is 0 Å². The summed E-state index contributed by atoms with van der Waals surface area (Å²) in [4.78, 5) is 28.0. The van der Waals surface area contributed by atoms with Gasteiger partial charge in [0.15, 0.2) is 11.5 Å². The molecule has 1 aromatic carbocycles. The molecular weight excluding hydrogens is 346 g/mol. The maximum absolute atomic E-state index is 12.5. The predicted molar refractivity (Wildman–Crippen MR) is 104 cm³/mol. The van der Waals surface area contributed by atoms with Gasteiger partial charge >= 0.3 is 0 Å². The molecule has 1 atom stereocenters. The van der Waals surface area contributed by atoms with Gasteiger partial charge in [-0.1, -0.05) is 19.1 Å². The molecule has 2 rings (SSSR count). The Morgan fingerprint density at radius 2 is 1.85 bits per heavy atom. The van der Waals surface area contributed by atoms with E-state index in [-0.39, 0.29) is 36.5 Å². The zero-order valence-electron chi connectivity index (χ0n) is 16.9. The monoisotopic (exact) mass is 377 g/mol. The number of carbonyl (C=O) groups excluding carboxylic acids is 2. The first-order valence-electron chi connectivity index (χ1n) is 9.33. The summed E-state index contributed by atoms with van der Waals surface area (Å²) in [7, 11) is 1.65. The van der Waals surface area contributed by atoms with E-state index in [1.165, 1.54) is 4.90 Å². The van der Waals surface area contributed by atoms with Crippen LogP contribution in [0.5, 0.6) is 11.5 Å². The van der Waals surface area contributed by atoms with Crippen molar-refractivity contribution in [1.82, 2.24) is 15.1 Å². The van der Waals surface area contributed by atoms with Crippen molar-refractivity contribution in [3.8, 4) is 11.5 Å². The number of benzene rings is 1. The molecule has 1 N–H and O–H groups in total. The highest BCUT2D eigenvalue weighted by Crippen LogP contribution is 2.30. The van der Waals surface area contributed by atoms with E-state index in [0.29, 0.717) is 19.7 Å². The van der Waals surface area contributed by atoms with Gasteiger partial charge in [0.1, 0.15) is 12.7 Å². The molecule has 0 fully saturated rings. The number of rotatable bonds is 7. The number of likely N-dealkylation sites (N-methyl/N-ethyl adjacent to an activating group) is 2. The smallest absolute Gasteiger partial charge is 0.240 e. The fraction of sp³-hybridized carbons (Fsp3) is 0.600. The first-order chi connectivity index (χ1) is 12.7. The molecule has 0 aliphatic carbocycles. The molecule has 7 nitrogen and oxygen atoms in total. The van der Waals surface area contributed by atoms with Crippen LogP contribution in [-0.2, 0) is 9.59 Å². The van der Waals surface area contributed by atoms with Crippen molar-refractivity contribution in [2.24, 2.45) is 0 Å². The quantitative estimate of drug-likeness (QED) is 0.780. The van der Waals surface area contributed by atoms with Crippen LogP contribution < -0.4 is 14.8 Å². The first-order valence-corrected chi connectivity index (χ1v) is 9.33. The molecule has 1 aliphatic rings. The zero-order valence-corrected chi connectivity index (χ0v) is 16.9. The number of carbonyl (C=O) groups is 2. The van der Waals surface area contributed by atoms with Gasteiger partial charge in [-0.05, 0) is 39.4 Å². The van der Waals surface area contributed by atoms with Crippen molar-refractivity contribution in [3.05, 3.63) is 24.3 Å². The molecule has 7 heteroatoms. The Morgan fingerprint density at radius 3 is 2.48 bits per heavy atom. The van der Waals surface area contributed by atoms with Crippen molar-refractivity contribution >= 4 is 11.8 Å². The van der Waals surface area contributed by atoms with Crippen LogP contribution in [-0.4, -0.2) is 73.1 Å². The molecular formula is C20H31N3O4. The summed E-state index contributed by atoms with van der Waals surface area (Å²) in [6.45, 7) is 9.75. The average molecular weight is 377 g/mol. The van der Waals surface area contributed by atoms with Crippen LogP contribution in [0.2, 0.25) is 0 Å². The lowest BCUT2D eigenvalue weighted by molar-refractivity contribution is -0.136. The van der Waals surface area contributed by atoms with E-state index in [9.17, 15) is 9.59 Å². The highest BCUT2D eigenvalue weighted by atomic mass is 16.6. The largest absolute Gasteiger partial charge is 0.486 e. The fourth-order valence-corrected chi connectivity index (χ4v) is 2.82. The van der Waals surface area contributed by atoms with Gasteiger partial charge in [0.25, 0.3) is 0 Å². The molecule has 1 heterocycles. The molecule has 0 bridgehead atoms. The summed E-state index contributed by atoms with van der Waals surface area (Å²) in [5.41, 5.74) is -0.314. The minimum absolute atomic E-state index is 0.0457. The lowest BCUT2D eigenvalue weighted by atomic mass is 10.1. The van der Waals surface area contributed by atoms with Crippen LogP contribution in [0.3, 0.4) is 0 Å². The van der Waals surface area contributed by atoms with E-state index in [1.54, 1.807) is 7.05 Å². The van der Waals surface area contributed by atoms with E-state index >= 15 is 0 Å². The number of ether oxygens (including phenoxy) is 2. The number of hydrogen-bond donors (Lipinski definition) is 1. The SMILES string of the molecule is CCN(CC(=O)N(C)CC(=O)NC(C)(C)C)CC1COc2ccccc2O1. The highest BCUT2D eigenvalue weighted by molar-refractivity contribution is 5.85. The number of nitrogens with one attached hydrogen (secondary N) is 1. The van der Waals surface area contributed by atoms with Gasteiger partial charge in [-0.2, -0.15) is 0 Å². The summed E-state index contributed by atoms with van der Waals surface area (Å²) >= 11 is 0. The second-order valence-corrected chi connectivity index (χ2v) is 7.87. The Morgan fingerprint density at radius 1 is 1.19 bits per heavy atom. The standard InChI is InChI=1S/C20H31N3O4/c1-6-23(11-15-14-26-16-9-7-8-10-17(16)27-15)13-19(25)22(5)12-18(24)21-20(2,3)4/h7-10,15H,6,11-14H2,1-5H3,(H,21,24). The third kappa shape index (κ3) is 6.75. The van der Waals surface area contributed by atoms with Crippen LogP contribution in [0.25, 0.3) is 0 Å². The maximum Gasteiger partial charge on any atom is 0.240 e.